The molecule has 0 saturated heterocycles. The molecule has 6 heteroatoms. The van der Waals surface area contributed by atoms with Gasteiger partial charge in [-0.05, 0) is 41.8 Å². The number of aryl methyl sites for hydroxylation is 1. The van der Waals surface area contributed by atoms with E-state index in [0.717, 1.165) is 11.1 Å². The summed E-state index contributed by atoms with van der Waals surface area (Å²) in [4.78, 5) is 16.7. The third-order valence-corrected chi connectivity index (χ3v) is 3.93. The number of rotatable bonds is 6. The van der Waals surface area contributed by atoms with Crippen molar-refractivity contribution in [3.8, 4) is 6.07 Å². The predicted octanol–water partition coefficient (Wildman–Crippen LogP) is 3.08. The fraction of sp³-hybridized carbons (Fsp3) is 0.158. The molecule has 0 aliphatic heterocycles. The Morgan fingerprint density at radius 3 is 2.48 bits per heavy atom. The summed E-state index contributed by atoms with van der Waals surface area (Å²) in [5, 5.41) is 13.0. The summed E-state index contributed by atoms with van der Waals surface area (Å²) in [5.74, 6) is -0.326. The summed E-state index contributed by atoms with van der Waals surface area (Å²) in [6.45, 7) is 0. The minimum Gasteiger partial charge on any atom is -0.297 e. The first kappa shape index (κ1) is 16.5. The molecule has 0 spiro atoms. The second kappa shape index (κ2) is 7.49. The van der Waals surface area contributed by atoms with Crippen LogP contribution in [-0.4, -0.2) is 20.5 Å². The quantitative estimate of drug-likeness (QED) is 0.694. The summed E-state index contributed by atoms with van der Waals surface area (Å²) in [6, 6.07) is 14.4. The minimum atomic E-state index is -0.601. The fourth-order valence-electron chi connectivity index (χ4n) is 2.63. The molecule has 2 aromatic carbocycles. The van der Waals surface area contributed by atoms with Crippen LogP contribution in [0.2, 0.25) is 0 Å². The number of nitriles is 1. The number of Topliss-reactive ketones (excluding diaryl/α,β-unsaturated/α-hetero) is 1. The van der Waals surface area contributed by atoms with E-state index in [-0.39, 0.29) is 18.0 Å². The maximum absolute atomic E-state index is 13.0. The van der Waals surface area contributed by atoms with Crippen LogP contribution in [0.3, 0.4) is 0 Å². The third-order valence-electron chi connectivity index (χ3n) is 3.93. The number of hydrogen-bond acceptors (Lipinski definition) is 4. The molecule has 0 saturated carbocycles. The van der Waals surface area contributed by atoms with E-state index in [2.05, 4.69) is 16.2 Å². The maximum atomic E-state index is 13.0. The van der Waals surface area contributed by atoms with Crippen LogP contribution in [0, 0.1) is 17.1 Å². The summed E-state index contributed by atoms with van der Waals surface area (Å²) in [5.41, 5.74) is 2.17. The zero-order chi connectivity index (χ0) is 17.6. The molecule has 0 amide bonds. The fourth-order valence-corrected chi connectivity index (χ4v) is 2.63. The predicted molar refractivity (Wildman–Crippen MR) is 89.0 cm³/mol. The van der Waals surface area contributed by atoms with Crippen LogP contribution in [0.25, 0.3) is 0 Å². The Morgan fingerprint density at radius 2 is 1.88 bits per heavy atom. The molecule has 0 fully saturated rings. The molecular weight excluding hydrogens is 319 g/mol. The third kappa shape index (κ3) is 3.96. The zero-order valence-electron chi connectivity index (χ0n) is 13.3. The number of halogens is 1. The van der Waals surface area contributed by atoms with Crippen molar-refractivity contribution in [1.29, 1.82) is 5.26 Å². The van der Waals surface area contributed by atoms with Crippen molar-refractivity contribution in [2.75, 3.05) is 0 Å². The van der Waals surface area contributed by atoms with E-state index in [1.54, 1.807) is 36.4 Å². The molecule has 1 aromatic heterocycles. The van der Waals surface area contributed by atoms with E-state index in [9.17, 15) is 9.18 Å². The summed E-state index contributed by atoms with van der Waals surface area (Å²) >= 11 is 0. The number of ketones is 1. The van der Waals surface area contributed by atoms with Gasteiger partial charge in [-0.2, -0.15) is 10.4 Å². The highest BCUT2D eigenvalue weighted by molar-refractivity contribution is 5.85. The van der Waals surface area contributed by atoms with Gasteiger partial charge in [0.2, 0.25) is 0 Å². The number of nitrogens with zero attached hydrogens (tertiary/aromatic N) is 4. The van der Waals surface area contributed by atoms with Crippen molar-refractivity contribution in [3.63, 3.8) is 0 Å². The van der Waals surface area contributed by atoms with Gasteiger partial charge < -0.3 is 0 Å². The summed E-state index contributed by atoms with van der Waals surface area (Å²) < 4.78 is 14.5. The van der Waals surface area contributed by atoms with Crippen LogP contribution in [0.1, 0.15) is 29.2 Å². The molecule has 1 unspecified atom stereocenters. The van der Waals surface area contributed by atoms with E-state index in [1.807, 2.05) is 0 Å². The normalized spacial score (nSPS) is 11.7. The molecule has 5 nitrogen and oxygen atoms in total. The number of aromatic nitrogens is 3. The molecule has 3 aromatic rings. The smallest absolute Gasteiger partial charge is 0.162 e. The Hall–Kier alpha value is -3.33. The van der Waals surface area contributed by atoms with Crippen LogP contribution in [0.4, 0.5) is 4.39 Å². The van der Waals surface area contributed by atoms with Gasteiger partial charge in [0.1, 0.15) is 24.5 Å². The molecule has 124 valence electrons. The first-order valence-electron chi connectivity index (χ1n) is 7.78. The molecular formula is C19H15FN4O. The van der Waals surface area contributed by atoms with E-state index in [4.69, 9.17) is 5.26 Å². The molecule has 0 aliphatic rings. The SMILES string of the molecule is N#Cc1ccc(C(C(=O)CCc2ccc(F)cc2)n2cncn2)cc1. The highest BCUT2D eigenvalue weighted by Crippen LogP contribution is 2.21. The Balaban J connectivity index is 1.80. The first-order valence-corrected chi connectivity index (χ1v) is 7.78. The van der Waals surface area contributed by atoms with Gasteiger partial charge in [-0.3, -0.25) is 4.79 Å². The van der Waals surface area contributed by atoms with Gasteiger partial charge in [0.25, 0.3) is 0 Å². The van der Waals surface area contributed by atoms with Gasteiger partial charge in [0.05, 0.1) is 11.6 Å². The van der Waals surface area contributed by atoms with Crippen molar-refractivity contribution >= 4 is 5.78 Å². The number of carbonyl (C=O) groups is 1. The number of carbonyl (C=O) groups excluding carboxylic acids is 1. The Labute approximate surface area is 144 Å². The molecule has 0 bridgehead atoms. The van der Waals surface area contributed by atoms with E-state index in [1.165, 1.54) is 29.5 Å². The van der Waals surface area contributed by atoms with Gasteiger partial charge in [-0.15, -0.1) is 0 Å². The van der Waals surface area contributed by atoms with Crippen molar-refractivity contribution in [2.45, 2.75) is 18.9 Å². The first-order chi connectivity index (χ1) is 12.2. The standard InChI is InChI=1S/C19H15FN4O/c20-17-8-3-14(4-9-17)5-10-18(25)19(24-13-22-12-23-24)16-6-1-15(11-21)2-7-16/h1-4,6-9,12-13,19H,5,10H2. The van der Waals surface area contributed by atoms with Crippen LogP contribution < -0.4 is 0 Å². The van der Waals surface area contributed by atoms with Gasteiger partial charge in [-0.1, -0.05) is 24.3 Å². The lowest BCUT2D eigenvalue weighted by molar-refractivity contribution is -0.121. The van der Waals surface area contributed by atoms with E-state index >= 15 is 0 Å². The van der Waals surface area contributed by atoms with Crippen molar-refractivity contribution in [1.82, 2.24) is 14.8 Å². The van der Waals surface area contributed by atoms with Crippen LogP contribution in [-0.2, 0) is 11.2 Å². The zero-order valence-corrected chi connectivity index (χ0v) is 13.3. The van der Waals surface area contributed by atoms with Gasteiger partial charge >= 0.3 is 0 Å². The van der Waals surface area contributed by atoms with E-state index in [0.29, 0.717) is 12.0 Å². The molecule has 25 heavy (non-hydrogen) atoms. The maximum Gasteiger partial charge on any atom is 0.162 e. The molecule has 1 heterocycles. The molecule has 3 rings (SSSR count). The van der Waals surface area contributed by atoms with Crippen molar-refractivity contribution in [3.05, 3.63) is 83.7 Å². The average molecular weight is 334 g/mol. The largest absolute Gasteiger partial charge is 0.297 e. The van der Waals surface area contributed by atoms with E-state index < -0.39 is 6.04 Å². The number of hydrogen-bond donors (Lipinski definition) is 0. The lowest BCUT2D eigenvalue weighted by Crippen LogP contribution is -2.22. The lowest BCUT2D eigenvalue weighted by atomic mass is 9.97. The second-order valence-corrected chi connectivity index (χ2v) is 5.60. The highest BCUT2D eigenvalue weighted by Gasteiger charge is 2.23. The Bertz CT molecular complexity index is 881. The minimum absolute atomic E-state index is 0.0282. The van der Waals surface area contributed by atoms with Gasteiger partial charge in [0.15, 0.2) is 5.78 Å². The monoisotopic (exact) mass is 334 g/mol. The highest BCUT2D eigenvalue weighted by atomic mass is 19.1. The Morgan fingerprint density at radius 1 is 1.16 bits per heavy atom. The lowest BCUT2D eigenvalue weighted by Gasteiger charge is -2.16. The molecule has 0 aliphatic carbocycles. The Kier molecular flexibility index (Phi) is 4.95. The average Bonchev–Trinajstić information content (AvgIpc) is 3.16. The van der Waals surface area contributed by atoms with Gasteiger partial charge in [-0.25, -0.2) is 14.1 Å². The van der Waals surface area contributed by atoms with Crippen molar-refractivity contribution < 1.29 is 9.18 Å². The van der Waals surface area contributed by atoms with Crippen molar-refractivity contribution in [2.24, 2.45) is 0 Å². The van der Waals surface area contributed by atoms with Crippen LogP contribution in [0.5, 0.6) is 0 Å². The summed E-state index contributed by atoms with van der Waals surface area (Å²) in [7, 11) is 0. The molecule has 0 radical (unpaired) electrons. The van der Waals surface area contributed by atoms with Crippen LogP contribution >= 0.6 is 0 Å². The molecule has 0 N–H and O–H groups in total. The van der Waals surface area contributed by atoms with Crippen LogP contribution in [0.15, 0.2) is 61.2 Å². The topological polar surface area (TPSA) is 71.6 Å². The summed E-state index contributed by atoms with van der Waals surface area (Å²) in [6.07, 6.45) is 3.68. The number of benzene rings is 2. The van der Waals surface area contributed by atoms with Gasteiger partial charge in [0, 0.05) is 6.42 Å². The second-order valence-electron chi connectivity index (χ2n) is 5.60. The molecule has 1 atom stereocenters.